The Balaban J connectivity index is 1.25. The van der Waals surface area contributed by atoms with Crippen LogP contribution >= 0.6 is 0 Å². The molecule has 2 nitrogen and oxygen atoms in total. The van der Waals surface area contributed by atoms with E-state index in [1.807, 2.05) is 54.6 Å². The molecule has 0 atom stereocenters. The molecule has 0 bridgehead atoms. The van der Waals surface area contributed by atoms with Crippen molar-refractivity contribution in [2.75, 3.05) is 0 Å². The number of benzene rings is 5. The monoisotopic (exact) mass is 580 g/mol. The van der Waals surface area contributed by atoms with Gasteiger partial charge in [0.15, 0.2) is 5.82 Å². The predicted molar refractivity (Wildman–Crippen MR) is 191 cm³/mol. The maximum Gasteiger partial charge on any atom is 0.160 e. The molecule has 6 rings (SSSR count). The summed E-state index contributed by atoms with van der Waals surface area (Å²) in [4.78, 5) is 9.78. The smallest absolute Gasteiger partial charge is 0.160 e. The van der Waals surface area contributed by atoms with Crippen molar-refractivity contribution in [2.24, 2.45) is 0 Å². The van der Waals surface area contributed by atoms with E-state index in [9.17, 15) is 0 Å². The van der Waals surface area contributed by atoms with Crippen LogP contribution in [0.5, 0.6) is 0 Å². The normalized spacial score (nSPS) is 11.4. The summed E-state index contributed by atoms with van der Waals surface area (Å²) in [6.45, 7) is 12.6. The van der Waals surface area contributed by atoms with E-state index >= 15 is 0 Å². The molecule has 0 radical (unpaired) electrons. The molecule has 0 spiro atoms. The van der Waals surface area contributed by atoms with E-state index in [0.29, 0.717) is 5.82 Å². The zero-order valence-corrected chi connectivity index (χ0v) is 25.8. The molecule has 0 aliphatic rings. The predicted octanol–water partition coefficient (Wildman–Crippen LogP) is 11.2. The first-order valence-corrected chi connectivity index (χ1v) is 15.2. The molecule has 5 aromatic carbocycles. The summed E-state index contributed by atoms with van der Waals surface area (Å²) in [7, 11) is 0. The van der Waals surface area contributed by atoms with Crippen LogP contribution in [0.2, 0.25) is 0 Å². The van der Waals surface area contributed by atoms with Gasteiger partial charge in [0, 0.05) is 16.5 Å². The number of allylic oxidation sites excluding steroid dienone is 4. The second-order valence-electron chi connectivity index (χ2n) is 11.7. The minimum atomic E-state index is -0.177. The summed E-state index contributed by atoms with van der Waals surface area (Å²) in [5.41, 5.74) is 11.7. The van der Waals surface area contributed by atoms with Crippen LogP contribution in [-0.2, 0) is 5.41 Å². The molecule has 0 saturated heterocycles. The largest absolute Gasteiger partial charge is 0.228 e. The van der Waals surface area contributed by atoms with Gasteiger partial charge in [0.05, 0.1) is 11.4 Å². The van der Waals surface area contributed by atoms with E-state index < -0.39 is 0 Å². The average molecular weight is 581 g/mol. The van der Waals surface area contributed by atoms with Gasteiger partial charge in [0.2, 0.25) is 0 Å². The molecule has 6 aromatic rings. The van der Waals surface area contributed by atoms with Crippen molar-refractivity contribution in [1.82, 2.24) is 9.97 Å². The van der Waals surface area contributed by atoms with Crippen LogP contribution < -0.4 is 0 Å². The molecule has 218 valence electrons. The van der Waals surface area contributed by atoms with Gasteiger partial charge in [-0.2, -0.15) is 0 Å². The first kappa shape index (κ1) is 29.5. The minimum Gasteiger partial charge on any atom is -0.228 e. The fourth-order valence-corrected chi connectivity index (χ4v) is 5.53. The van der Waals surface area contributed by atoms with Crippen LogP contribution in [0.1, 0.15) is 30.7 Å². The zero-order valence-electron chi connectivity index (χ0n) is 25.8. The van der Waals surface area contributed by atoms with Crippen molar-refractivity contribution >= 4 is 5.57 Å². The summed E-state index contributed by atoms with van der Waals surface area (Å²) >= 11 is 0. The molecule has 0 N–H and O–H groups in total. The van der Waals surface area contributed by atoms with E-state index in [0.717, 1.165) is 28.1 Å². The highest BCUT2D eigenvalue weighted by atomic mass is 14.9. The van der Waals surface area contributed by atoms with Crippen LogP contribution in [0, 0.1) is 0 Å². The Morgan fingerprint density at radius 2 is 1.00 bits per heavy atom. The van der Waals surface area contributed by atoms with E-state index in [1.165, 1.54) is 33.4 Å². The Bertz CT molecular complexity index is 1950. The Morgan fingerprint density at radius 1 is 0.556 bits per heavy atom. The van der Waals surface area contributed by atoms with E-state index in [-0.39, 0.29) is 5.41 Å². The van der Waals surface area contributed by atoms with Crippen molar-refractivity contribution in [3.8, 4) is 44.9 Å². The summed E-state index contributed by atoms with van der Waals surface area (Å²) < 4.78 is 0. The number of nitrogens with zero attached hydrogens (tertiary/aromatic N) is 2. The fraction of sp³-hybridized carbons (Fsp3) is 0.0698. The van der Waals surface area contributed by atoms with Gasteiger partial charge in [0.25, 0.3) is 0 Å². The Labute approximate surface area is 266 Å². The zero-order chi connectivity index (χ0) is 31.2. The van der Waals surface area contributed by atoms with E-state index in [2.05, 4.69) is 124 Å². The molecule has 0 amide bonds. The van der Waals surface area contributed by atoms with Crippen LogP contribution in [0.15, 0.2) is 171 Å². The van der Waals surface area contributed by atoms with Gasteiger partial charge in [-0.3, -0.25) is 0 Å². The Hall–Kier alpha value is -5.60. The number of hydrogen-bond acceptors (Lipinski definition) is 2. The highest BCUT2D eigenvalue weighted by Gasteiger charge is 2.23. The van der Waals surface area contributed by atoms with Crippen molar-refractivity contribution in [3.63, 3.8) is 0 Å². The third kappa shape index (κ3) is 6.51. The lowest BCUT2D eigenvalue weighted by molar-refractivity contribution is 0.641. The maximum atomic E-state index is 4.95. The molecule has 2 heteroatoms. The SMILES string of the molecule is C=C/C=C\C(=C)c1cc(-c2ccc(C(C)(C)c3ccc(-c4ccc(-c5ccccc5)cc4)cc3)cc2)nc(-c2ccccc2)n1. The quantitative estimate of drug-likeness (QED) is 0.159. The Kier molecular flexibility index (Phi) is 8.48. The van der Waals surface area contributed by atoms with E-state index in [1.54, 1.807) is 6.08 Å². The number of aromatic nitrogens is 2. The second kappa shape index (κ2) is 13.0. The second-order valence-corrected chi connectivity index (χ2v) is 11.7. The topological polar surface area (TPSA) is 25.8 Å². The van der Waals surface area contributed by atoms with Crippen molar-refractivity contribution < 1.29 is 0 Å². The molecule has 45 heavy (non-hydrogen) atoms. The van der Waals surface area contributed by atoms with Gasteiger partial charge in [-0.05, 0) is 45.0 Å². The molecule has 0 aliphatic carbocycles. The van der Waals surface area contributed by atoms with Gasteiger partial charge in [-0.25, -0.2) is 9.97 Å². The van der Waals surface area contributed by atoms with Crippen molar-refractivity contribution in [3.05, 3.63) is 188 Å². The van der Waals surface area contributed by atoms with Gasteiger partial charge >= 0.3 is 0 Å². The van der Waals surface area contributed by atoms with Gasteiger partial charge in [0.1, 0.15) is 0 Å². The first-order chi connectivity index (χ1) is 21.9. The molecule has 1 aromatic heterocycles. The molecular formula is C43H36N2. The molecule has 1 heterocycles. The van der Waals surface area contributed by atoms with Crippen LogP contribution in [-0.4, -0.2) is 9.97 Å². The summed E-state index contributed by atoms with van der Waals surface area (Å²) in [6, 6.07) is 49.0. The van der Waals surface area contributed by atoms with Gasteiger partial charge < -0.3 is 0 Å². The van der Waals surface area contributed by atoms with Crippen molar-refractivity contribution in [1.29, 1.82) is 0 Å². The van der Waals surface area contributed by atoms with Gasteiger partial charge in [-0.1, -0.05) is 179 Å². The minimum absolute atomic E-state index is 0.177. The fourth-order valence-electron chi connectivity index (χ4n) is 5.53. The molecule has 0 unspecified atom stereocenters. The molecule has 0 fully saturated rings. The highest BCUT2D eigenvalue weighted by molar-refractivity contribution is 5.75. The third-order valence-corrected chi connectivity index (χ3v) is 8.35. The lowest BCUT2D eigenvalue weighted by Crippen LogP contribution is -2.18. The van der Waals surface area contributed by atoms with Crippen LogP contribution in [0.4, 0.5) is 0 Å². The number of rotatable bonds is 9. The highest BCUT2D eigenvalue weighted by Crippen LogP contribution is 2.35. The molecular weight excluding hydrogens is 544 g/mol. The Morgan fingerprint density at radius 3 is 1.51 bits per heavy atom. The average Bonchev–Trinajstić information content (AvgIpc) is 3.11. The van der Waals surface area contributed by atoms with E-state index in [4.69, 9.17) is 9.97 Å². The summed E-state index contributed by atoms with van der Waals surface area (Å²) in [5, 5.41) is 0. The lowest BCUT2D eigenvalue weighted by Gasteiger charge is -2.26. The van der Waals surface area contributed by atoms with Crippen molar-refractivity contribution in [2.45, 2.75) is 19.3 Å². The van der Waals surface area contributed by atoms with Crippen LogP contribution in [0.25, 0.3) is 50.5 Å². The standard InChI is InChI=1S/C43H36N2/c1-5-6-13-31(2)40-30-41(45-42(44-40)37-16-11-8-12-17-37)36-24-28-39(29-25-36)43(3,4)38-26-22-35(23-27-38)34-20-18-33(19-21-34)32-14-9-7-10-15-32/h5-30H,1-2H2,3-4H3/b13-6-. The third-order valence-electron chi connectivity index (χ3n) is 8.35. The summed E-state index contributed by atoms with van der Waals surface area (Å²) in [6.07, 6.45) is 5.53. The van der Waals surface area contributed by atoms with Crippen LogP contribution in [0.3, 0.4) is 0 Å². The summed E-state index contributed by atoms with van der Waals surface area (Å²) in [5.74, 6) is 0.676. The molecule has 0 aliphatic heterocycles. The molecule has 0 saturated carbocycles. The van der Waals surface area contributed by atoms with Gasteiger partial charge in [-0.15, -0.1) is 0 Å². The first-order valence-electron chi connectivity index (χ1n) is 15.2. The number of hydrogen-bond donors (Lipinski definition) is 0. The lowest BCUT2D eigenvalue weighted by atomic mass is 9.77. The maximum absolute atomic E-state index is 4.95.